The lowest BCUT2D eigenvalue weighted by Gasteiger charge is -2.14. The van der Waals surface area contributed by atoms with Crippen LogP contribution in [0.25, 0.3) is 0 Å². The Balaban J connectivity index is 2.24. The van der Waals surface area contributed by atoms with Gasteiger partial charge < -0.3 is 10.5 Å². The van der Waals surface area contributed by atoms with Gasteiger partial charge in [-0.25, -0.2) is 0 Å². The van der Waals surface area contributed by atoms with Gasteiger partial charge in [-0.3, -0.25) is 5.41 Å². The lowest BCUT2D eigenvalue weighted by molar-refractivity contribution is 0.304. The number of nitrogens with two attached hydrogens (primary N) is 1. The Morgan fingerprint density at radius 3 is 2.30 bits per heavy atom. The number of aryl methyl sites for hydroxylation is 3. The van der Waals surface area contributed by atoms with Gasteiger partial charge in [0.05, 0.1) is 5.56 Å². The molecule has 20 heavy (non-hydrogen) atoms. The second-order valence-corrected chi connectivity index (χ2v) is 5.08. The first-order valence-electron chi connectivity index (χ1n) is 6.62. The van der Waals surface area contributed by atoms with E-state index in [0.717, 1.165) is 0 Å². The van der Waals surface area contributed by atoms with E-state index in [-0.39, 0.29) is 5.84 Å². The van der Waals surface area contributed by atoms with Gasteiger partial charge in [0.15, 0.2) is 0 Å². The van der Waals surface area contributed by atoms with Crippen molar-refractivity contribution in [2.45, 2.75) is 27.4 Å². The molecular formula is C17H20N2O. The van der Waals surface area contributed by atoms with E-state index < -0.39 is 0 Å². The molecule has 0 radical (unpaired) electrons. The van der Waals surface area contributed by atoms with Crippen LogP contribution in [0.15, 0.2) is 36.4 Å². The highest BCUT2D eigenvalue weighted by Gasteiger charge is 2.08. The number of nitrogen functional groups attached to an aromatic ring is 1. The number of benzene rings is 2. The molecule has 2 aromatic carbocycles. The van der Waals surface area contributed by atoms with Crippen LogP contribution in [-0.2, 0) is 6.61 Å². The molecule has 0 saturated carbocycles. The molecule has 0 heterocycles. The molecule has 3 heteroatoms. The Bertz CT molecular complexity index is 624. The number of hydrogen-bond acceptors (Lipinski definition) is 2. The molecule has 0 amide bonds. The van der Waals surface area contributed by atoms with E-state index >= 15 is 0 Å². The van der Waals surface area contributed by atoms with Crippen LogP contribution in [0.2, 0.25) is 0 Å². The molecule has 0 saturated heterocycles. The molecule has 0 atom stereocenters. The second kappa shape index (κ2) is 5.78. The van der Waals surface area contributed by atoms with Gasteiger partial charge >= 0.3 is 0 Å². The highest BCUT2D eigenvalue weighted by Crippen LogP contribution is 2.22. The Kier molecular flexibility index (Phi) is 4.08. The van der Waals surface area contributed by atoms with Crippen LogP contribution >= 0.6 is 0 Å². The summed E-state index contributed by atoms with van der Waals surface area (Å²) < 4.78 is 5.87. The van der Waals surface area contributed by atoms with Gasteiger partial charge in [0.1, 0.15) is 18.2 Å². The molecule has 0 unspecified atom stereocenters. The minimum Gasteiger partial charge on any atom is -0.488 e. The normalized spacial score (nSPS) is 10.3. The van der Waals surface area contributed by atoms with Crippen LogP contribution in [0.3, 0.4) is 0 Å². The van der Waals surface area contributed by atoms with E-state index in [4.69, 9.17) is 15.9 Å². The molecule has 2 rings (SSSR count). The van der Waals surface area contributed by atoms with Crippen molar-refractivity contribution >= 4 is 5.84 Å². The van der Waals surface area contributed by atoms with Crippen LogP contribution in [0, 0.1) is 26.2 Å². The molecular weight excluding hydrogens is 248 g/mol. The van der Waals surface area contributed by atoms with Gasteiger partial charge in [-0.1, -0.05) is 29.8 Å². The zero-order valence-corrected chi connectivity index (χ0v) is 12.2. The van der Waals surface area contributed by atoms with Crippen LogP contribution in [0.5, 0.6) is 5.75 Å². The highest BCUT2D eigenvalue weighted by molar-refractivity contribution is 5.97. The summed E-state index contributed by atoms with van der Waals surface area (Å²) in [5.74, 6) is 0.678. The van der Waals surface area contributed by atoms with E-state index in [2.05, 4.69) is 32.9 Å². The number of nitrogens with one attached hydrogen (secondary N) is 1. The van der Waals surface area contributed by atoms with Crippen molar-refractivity contribution in [1.82, 2.24) is 0 Å². The average molecular weight is 268 g/mol. The third-order valence-electron chi connectivity index (χ3n) is 3.39. The second-order valence-electron chi connectivity index (χ2n) is 5.08. The van der Waals surface area contributed by atoms with Gasteiger partial charge in [0, 0.05) is 0 Å². The van der Waals surface area contributed by atoms with Crippen molar-refractivity contribution in [3.63, 3.8) is 0 Å². The molecule has 2 aromatic rings. The first kappa shape index (κ1) is 14.1. The third-order valence-corrected chi connectivity index (χ3v) is 3.39. The molecule has 104 valence electrons. The number of rotatable bonds is 4. The Morgan fingerprint density at radius 2 is 1.70 bits per heavy atom. The largest absolute Gasteiger partial charge is 0.488 e. The molecule has 0 aliphatic carbocycles. The van der Waals surface area contributed by atoms with E-state index in [1.165, 1.54) is 22.3 Å². The van der Waals surface area contributed by atoms with Crippen LogP contribution in [0.1, 0.15) is 27.8 Å². The Hall–Kier alpha value is -2.29. The average Bonchev–Trinajstić information content (AvgIpc) is 2.37. The predicted molar refractivity (Wildman–Crippen MR) is 82.4 cm³/mol. The summed E-state index contributed by atoms with van der Waals surface area (Å²) in [4.78, 5) is 0. The van der Waals surface area contributed by atoms with Crippen LogP contribution < -0.4 is 10.5 Å². The third kappa shape index (κ3) is 2.99. The zero-order valence-electron chi connectivity index (χ0n) is 12.2. The van der Waals surface area contributed by atoms with Crippen molar-refractivity contribution in [2.75, 3.05) is 0 Å². The number of hydrogen-bond donors (Lipinski definition) is 2. The van der Waals surface area contributed by atoms with Crippen molar-refractivity contribution in [3.8, 4) is 5.75 Å². The van der Waals surface area contributed by atoms with Gasteiger partial charge in [-0.2, -0.15) is 0 Å². The molecule has 0 aromatic heterocycles. The maximum absolute atomic E-state index is 7.57. The first-order chi connectivity index (χ1) is 9.49. The molecule has 0 aliphatic rings. The van der Waals surface area contributed by atoms with Crippen molar-refractivity contribution in [1.29, 1.82) is 5.41 Å². The maximum atomic E-state index is 7.57. The van der Waals surface area contributed by atoms with Crippen LogP contribution in [-0.4, -0.2) is 5.84 Å². The van der Waals surface area contributed by atoms with Crippen LogP contribution in [0.4, 0.5) is 0 Å². The Morgan fingerprint density at radius 1 is 1.10 bits per heavy atom. The lowest BCUT2D eigenvalue weighted by atomic mass is 10.0. The maximum Gasteiger partial charge on any atom is 0.130 e. The zero-order chi connectivity index (χ0) is 14.7. The fraction of sp³-hybridized carbons (Fsp3) is 0.235. The summed E-state index contributed by atoms with van der Waals surface area (Å²) >= 11 is 0. The monoisotopic (exact) mass is 268 g/mol. The number of ether oxygens (including phenoxy) is 1. The molecule has 0 bridgehead atoms. The van der Waals surface area contributed by atoms with E-state index in [1.807, 2.05) is 18.2 Å². The first-order valence-corrected chi connectivity index (χ1v) is 6.62. The SMILES string of the molecule is Cc1cc(C)c(COc2ccccc2C(=N)N)c(C)c1. The highest BCUT2D eigenvalue weighted by atomic mass is 16.5. The Labute approximate surface area is 119 Å². The number of para-hydroxylation sites is 1. The van der Waals surface area contributed by atoms with Gasteiger partial charge in [0.25, 0.3) is 0 Å². The van der Waals surface area contributed by atoms with Crippen molar-refractivity contribution in [3.05, 3.63) is 64.2 Å². The summed E-state index contributed by atoms with van der Waals surface area (Å²) in [6.07, 6.45) is 0. The summed E-state index contributed by atoms with van der Waals surface area (Å²) in [6.45, 7) is 6.77. The number of amidine groups is 1. The van der Waals surface area contributed by atoms with Gasteiger partial charge in [-0.05, 0) is 49.6 Å². The fourth-order valence-electron chi connectivity index (χ4n) is 2.40. The van der Waals surface area contributed by atoms with Gasteiger partial charge in [-0.15, -0.1) is 0 Å². The summed E-state index contributed by atoms with van der Waals surface area (Å²) in [6, 6.07) is 11.7. The topological polar surface area (TPSA) is 59.1 Å². The fourth-order valence-corrected chi connectivity index (χ4v) is 2.40. The molecule has 0 fully saturated rings. The van der Waals surface area contributed by atoms with Crippen molar-refractivity contribution < 1.29 is 4.74 Å². The molecule has 3 N–H and O–H groups in total. The lowest BCUT2D eigenvalue weighted by Crippen LogP contribution is -2.13. The predicted octanol–water partition coefficient (Wildman–Crippen LogP) is 3.47. The summed E-state index contributed by atoms with van der Waals surface area (Å²) in [7, 11) is 0. The summed E-state index contributed by atoms with van der Waals surface area (Å²) in [5, 5.41) is 7.57. The smallest absolute Gasteiger partial charge is 0.130 e. The van der Waals surface area contributed by atoms with E-state index in [9.17, 15) is 0 Å². The summed E-state index contributed by atoms with van der Waals surface area (Å²) in [5.41, 5.74) is 11.1. The quantitative estimate of drug-likeness (QED) is 0.659. The minimum absolute atomic E-state index is 0.0259. The minimum atomic E-state index is 0.0259. The van der Waals surface area contributed by atoms with E-state index in [1.54, 1.807) is 6.07 Å². The molecule has 0 aliphatic heterocycles. The van der Waals surface area contributed by atoms with Crippen molar-refractivity contribution in [2.24, 2.45) is 5.73 Å². The van der Waals surface area contributed by atoms with Gasteiger partial charge in [0.2, 0.25) is 0 Å². The van der Waals surface area contributed by atoms with E-state index in [0.29, 0.717) is 17.9 Å². The standard InChI is InChI=1S/C17H20N2O/c1-11-8-12(2)15(13(3)9-11)10-20-16-7-5-4-6-14(16)17(18)19/h4-9H,10H2,1-3H3,(H3,18,19). The molecule has 0 spiro atoms. The molecule has 3 nitrogen and oxygen atoms in total.